The Kier molecular flexibility index (Phi) is 3.39. The van der Waals surface area contributed by atoms with Gasteiger partial charge in [0, 0.05) is 31.3 Å². The molecule has 0 N–H and O–H groups in total. The molecule has 1 aliphatic heterocycles. The second-order valence-electron chi connectivity index (χ2n) is 4.23. The first-order chi connectivity index (χ1) is 7.63. The van der Waals surface area contributed by atoms with Gasteiger partial charge in [0.2, 0.25) is 0 Å². The van der Waals surface area contributed by atoms with E-state index in [0.29, 0.717) is 0 Å². The highest BCUT2D eigenvalue weighted by Crippen LogP contribution is 2.20. The second kappa shape index (κ2) is 4.78. The minimum absolute atomic E-state index is 0.0670. The minimum atomic E-state index is -0.595. The van der Waals surface area contributed by atoms with Crippen LogP contribution >= 0.6 is 0 Å². The second-order valence-corrected chi connectivity index (χ2v) is 4.23. The van der Waals surface area contributed by atoms with E-state index in [2.05, 4.69) is 11.9 Å². The van der Waals surface area contributed by atoms with Crippen molar-refractivity contribution in [2.24, 2.45) is 0 Å². The molecule has 0 bridgehead atoms. The quantitative estimate of drug-likeness (QED) is 0.769. The van der Waals surface area contributed by atoms with Crippen molar-refractivity contribution < 1.29 is 13.5 Å². The molecule has 16 heavy (non-hydrogen) atoms. The van der Waals surface area contributed by atoms with Crippen molar-refractivity contribution in [3.63, 3.8) is 0 Å². The fraction of sp³-hybridized carbons (Fsp3) is 0.500. The number of ether oxygens (including phenoxy) is 1. The predicted octanol–water partition coefficient (Wildman–Crippen LogP) is 2.44. The molecule has 0 radical (unpaired) electrons. The molecule has 0 amide bonds. The van der Waals surface area contributed by atoms with Gasteiger partial charge in [-0.3, -0.25) is 0 Å². The monoisotopic (exact) mass is 227 g/mol. The summed E-state index contributed by atoms with van der Waals surface area (Å²) in [5.41, 5.74) is 0. The summed E-state index contributed by atoms with van der Waals surface area (Å²) in [6, 6.07) is 3.30. The smallest absolute Gasteiger partial charge is 0.129 e. The Balaban J connectivity index is 1.98. The van der Waals surface area contributed by atoms with Crippen LogP contribution < -0.4 is 4.74 Å². The lowest BCUT2D eigenvalue weighted by Crippen LogP contribution is -2.35. The Bertz CT molecular complexity index is 342. The highest BCUT2D eigenvalue weighted by atomic mass is 19.1. The number of likely N-dealkylation sites (tertiary alicyclic amines) is 1. The minimum Gasteiger partial charge on any atom is -0.490 e. The van der Waals surface area contributed by atoms with E-state index >= 15 is 0 Å². The van der Waals surface area contributed by atoms with Crippen LogP contribution in [-0.2, 0) is 0 Å². The first kappa shape index (κ1) is 11.3. The molecule has 0 saturated carbocycles. The van der Waals surface area contributed by atoms with Crippen LogP contribution in [0.25, 0.3) is 0 Å². The van der Waals surface area contributed by atoms with Crippen LogP contribution in [0.15, 0.2) is 18.2 Å². The lowest BCUT2D eigenvalue weighted by molar-refractivity contribution is 0.113. The Labute approximate surface area is 93.8 Å². The van der Waals surface area contributed by atoms with Crippen molar-refractivity contribution in [1.29, 1.82) is 0 Å². The summed E-state index contributed by atoms with van der Waals surface area (Å²) < 4.78 is 31.4. The molecule has 0 aromatic heterocycles. The van der Waals surface area contributed by atoms with E-state index in [0.717, 1.165) is 32.0 Å². The Morgan fingerprint density at radius 1 is 1.12 bits per heavy atom. The molecule has 2 nitrogen and oxygen atoms in total. The van der Waals surface area contributed by atoms with Crippen molar-refractivity contribution in [2.75, 3.05) is 20.1 Å². The maximum Gasteiger partial charge on any atom is 0.129 e. The van der Waals surface area contributed by atoms with E-state index in [4.69, 9.17) is 4.74 Å². The third-order valence-corrected chi connectivity index (χ3v) is 2.80. The molecule has 1 aromatic rings. The Hall–Kier alpha value is -1.16. The van der Waals surface area contributed by atoms with Crippen molar-refractivity contribution in [1.82, 2.24) is 4.90 Å². The number of nitrogens with zero attached hydrogens (tertiary/aromatic N) is 1. The van der Waals surface area contributed by atoms with Gasteiger partial charge in [-0.25, -0.2) is 8.78 Å². The molecule has 4 heteroatoms. The van der Waals surface area contributed by atoms with Crippen LogP contribution in [-0.4, -0.2) is 31.1 Å². The van der Waals surface area contributed by atoms with E-state index in [1.807, 2.05) is 0 Å². The number of halogens is 2. The molecule has 0 spiro atoms. The average molecular weight is 227 g/mol. The van der Waals surface area contributed by atoms with Crippen LogP contribution in [0.4, 0.5) is 8.78 Å². The van der Waals surface area contributed by atoms with E-state index < -0.39 is 11.6 Å². The van der Waals surface area contributed by atoms with Gasteiger partial charge in [0.1, 0.15) is 23.5 Å². The summed E-state index contributed by atoms with van der Waals surface area (Å²) in [6.07, 6.45) is 1.86. The first-order valence-corrected chi connectivity index (χ1v) is 5.45. The van der Waals surface area contributed by atoms with E-state index in [1.54, 1.807) is 0 Å². The average Bonchev–Trinajstić information content (AvgIpc) is 2.20. The Morgan fingerprint density at radius 3 is 2.25 bits per heavy atom. The summed E-state index contributed by atoms with van der Waals surface area (Å²) in [7, 11) is 2.05. The van der Waals surface area contributed by atoms with Crippen LogP contribution in [0.3, 0.4) is 0 Å². The zero-order valence-electron chi connectivity index (χ0n) is 9.25. The lowest BCUT2D eigenvalue weighted by atomic mass is 10.1. The van der Waals surface area contributed by atoms with Crippen molar-refractivity contribution in [3.05, 3.63) is 29.8 Å². The highest BCUT2D eigenvalue weighted by molar-refractivity contribution is 5.24. The molecular formula is C12H15F2NO. The number of benzene rings is 1. The SMILES string of the molecule is CN1CCC(Oc2cc(F)cc(F)c2)CC1. The van der Waals surface area contributed by atoms with Crippen LogP contribution in [0.2, 0.25) is 0 Å². The van der Waals surface area contributed by atoms with Crippen LogP contribution in [0.1, 0.15) is 12.8 Å². The van der Waals surface area contributed by atoms with Crippen molar-refractivity contribution in [2.45, 2.75) is 18.9 Å². The van der Waals surface area contributed by atoms with Crippen molar-refractivity contribution >= 4 is 0 Å². The molecule has 88 valence electrons. The molecule has 0 aliphatic carbocycles. The van der Waals surface area contributed by atoms with Gasteiger partial charge in [0.15, 0.2) is 0 Å². The summed E-state index contributed by atoms with van der Waals surface area (Å²) in [6.45, 7) is 1.92. The molecule has 0 unspecified atom stereocenters. The first-order valence-electron chi connectivity index (χ1n) is 5.45. The number of hydrogen-bond donors (Lipinski definition) is 0. The van der Waals surface area contributed by atoms with Crippen LogP contribution in [0, 0.1) is 11.6 Å². The van der Waals surface area contributed by atoms with Crippen molar-refractivity contribution in [3.8, 4) is 5.75 Å². The van der Waals surface area contributed by atoms with E-state index in [-0.39, 0.29) is 11.9 Å². The highest BCUT2D eigenvalue weighted by Gasteiger charge is 2.18. The summed E-state index contributed by atoms with van der Waals surface area (Å²) in [4.78, 5) is 2.21. The third-order valence-electron chi connectivity index (χ3n) is 2.80. The zero-order chi connectivity index (χ0) is 11.5. The van der Waals surface area contributed by atoms with Gasteiger partial charge in [0.05, 0.1) is 0 Å². The largest absolute Gasteiger partial charge is 0.490 e. The normalized spacial score (nSPS) is 18.7. The van der Waals surface area contributed by atoms with Gasteiger partial charge < -0.3 is 9.64 Å². The Morgan fingerprint density at radius 2 is 1.69 bits per heavy atom. The van der Waals surface area contributed by atoms with Gasteiger partial charge in [-0.15, -0.1) is 0 Å². The number of piperidine rings is 1. The summed E-state index contributed by atoms with van der Waals surface area (Å²) in [5.74, 6) is -0.905. The van der Waals surface area contributed by atoms with E-state index in [9.17, 15) is 8.78 Å². The molecule has 1 fully saturated rings. The summed E-state index contributed by atoms with van der Waals surface area (Å²) >= 11 is 0. The van der Waals surface area contributed by atoms with Gasteiger partial charge in [-0.2, -0.15) is 0 Å². The molecule has 1 aromatic carbocycles. The molecule has 2 rings (SSSR count). The molecule has 1 heterocycles. The third kappa shape index (κ3) is 2.92. The van der Waals surface area contributed by atoms with Gasteiger partial charge in [-0.05, 0) is 19.9 Å². The predicted molar refractivity (Wildman–Crippen MR) is 57.5 cm³/mol. The number of rotatable bonds is 2. The zero-order valence-corrected chi connectivity index (χ0v) is 9.25. The van der Waals surface area contributed by atoms with Crippen LogP contribution in [0.5, 0.6) is 5.75 Å². The van der Waals surface area contributed by atoms with E-state index in [1.165, 1.54) is 12.1 Å². The van der Waals surface area contributed by atoms with Gasteiger partial charge in [0.25, 0.3) is 0 Å². The topological polar surface area (TPSA) is 12.5 Å². The maximum absolute atomic E-state index is 12.9. The summed E-state index contributed by atoms with van der Waals surface area (Å²) in [5, 5.41) is 0. The fourth-order valence-electron chi connectivity index (χ4n) is 1.89. The fourth-order valence-corrected chi connectivity index (χ4v) is 1.89. The van der Waals surface area contributed by atoms with Gasteiger partial charge >= 0.3 is 0 Å². The maximum atomic E-state index is 12.9. The lowest BCUT2D eigenvalue weighted by Gasteiger charge is -2.29. The molecule has 1 aliphatic rings. The molecule has 1 saturated heterocycles. The number of hydrogen-bond acceptors (Lipinski definition) is 2. The molecular weight excluding hydrogens is 212 g/mol. The molecule has 0 atom stereocenters. The standard InChI is InChI=1S/C12H15F2NO/c1-15-4-2-11(3-5-15)16-12-7-9(13)6-10(14)8-12/h6-8,11H,2-5H2,1H3. The van der Waals surface area contributed by atoms with Gasteiger partial charge in [-0.1, -0.05) is 0 Å².